The largest absolute Gasteiger partial charge is 0.460 e. The summed E-state index contributed by atoms with van der Waals surface area (Å²) in [5.41, 5.74) is 2.02. The Balaban J connectivity index is 1.52. The van der Waals surface area contributed by atoms with Crippen molar-refractivity contribution in [2.75, 3.05) is 4.72 Å². The van der Waals surface area contributed by atoms with Crippen molar-refractivity contribution in [3.8, 4) is 0 Å². The van der Waals surface area contributed by atoms with E-state index in [0.29, 0.717) is 19.3 Å². The second-order valence-corrected chi connectivity index (χ2v) is 10.5. The molecule has 1 aliphatic heterocycles. The number of hydrogen-bond donors (Lipinski definition) is 1. The van der Waals surface area contributed by atoms with E-state index < -0.39 is 15.6 Å². The van der Waals surface area contributed by atoms with Crippen LogP contribution >= 0.6 is 0 Å². The van der Waals surface area contributed by atoms with E-state index in [0.717, 1.165) is 17.0 Å². The Morgan fingerprint density at radius 2 is 1.88 bits per heavy atom. The van der Waals surface area contributed by atoms with Crippen LogP contribution < -0.4 is 4.72 Å². The standard InChI is InChI=1S/C23H29N3O5S/c1-16-8-12-20(13-9-16)32(28,29)26-21-7-5-6-17(24-21)10-11-18-14-19(31-25-18)15-22(27)30-23(2,3)4/h5-9,12-13,19H,10-11,14-15H2,1-4H3,(H,24,26). The molecule has 0 radical (unpaired) electrons. The topological polar surface area (TPSA) is 107 Å². The summed E-state index contributed by atoms with van der Waals surface area (Å²) < 4.78 is 33.0. The van der Waals surface area contributed by atoms with Crippen molar-refractivity contribution in [3.63, 3.8) is 0 Å². The molecule has 3 rings (SSSR count). The molecule has 0 saturated heterocycles. The third-order valence-electron chi connectivity index (χ3n) is 4.66. The van der Waals surface area contributed by atoms with Gasteiger partial charge in [-0.3, -0.25) is 9.52 Å². The Morgan fingerprint density at radius 3 is 2.56 bits per heavy atom. The molecule has 0 fully saturated rings. The zero-order valence-corrected chi connectivity index (χ0v) is 19.6. The molecule has 8 nitrogen and oxygen atoms in total. The molecule has 1 unspecified atom stereocenters. The van der Waals surface area contributed by atoms with Gasteiger partial charge in [-0.05, 0) is 64.8 Å². The van der Waals surface area contributed by atoms with Gasteiger partial charge in [0.15, 0.2) is 0 Å². The number of nitrogens with one attached hydrogen (secondary N) is 1. The molecule has 0 aliphatic carbocycles. The van der Waals surface area contributed by atoms with Crippen LogP contribution in [0.15, 0.2) is 52.5 Å². The van der Waals surface area contributed by atoms with Crippen molar-refractivity contribution >= 4 is 27.5 Å². The molecule has 1 aromatic heterocycles. The number of anilines is 1. The number of ether oxygens (including phenoxy) is 1. The highest BCUT2D eigenvalue weighted by Gasteiger charge is 2.26. The number of carbonyl (C=O) groups excluding carboxylic acids is 1. The van der Waals surface area contributed by atoms with Crippen LogP contribution in [0.4, 0.5) is 5.82 Å². The highest BCUT2D eigenvalue weighted by atomic mass is 32.2. The van der Waals surface area contributed by atoms with E-state index in [4.69, 9.17) is 9.57 Å². The first-order valence-corrected chi connectivity index (χ1v) is 12.0. The van der Waals surface area contributed by atoms with E-state index in [9.17, 15) is 13.2 Å². The van der Waals surface area contributed by atoms with Crippen molar-refractivity contribution in [2.24, 2.45) is 5.16 Å². The van der Waals surface area contributed by atoms with E-state index in [2.05, 4.69) is 14.9 Å². The normalized spacial score (nSPS) is 16.2. The fourth-order valence-corrected chi connectivity index (χ4v) is 4.18. The zero-order valence-electron chi connectivity index (χ0n) is 18.8. The van der Waals surface area contributed by atoms with Crippen LogP contribution in [0.5, 0.6) is 0 Å². The fourth-order valence-electron chi connectivity index (χ4n) is 3.17. The number of aromatic nitrogens is 1. The number of oxime groups is 1. The van der Waals surface area contributed by atoms with E-state index in [-0.39, 0.29) is 29.2 Å². The molecular formula is C23H29N3O5S. The lowest BCUT2D eigenvalue weighted by Gasteiger charge is -2.20. The van der Waals surface area contributed by atoms with Crippen molar-refractivity contribution < 1.29 is 22.8 Å². The summed E-state index contributed by atoms with van der Waals surface area (Å²) in [5, 5.41) is 4.08. The van der Waals surface area contributed by atoms with Crippen LogP contribution in [0.2, 0.25) is 0 Å². The molecule has 1 atom stereocenters. The Hall–Kier alpha value is -2.94. The summed E-state index contributed by atoms with van der Waals surface area (Å²) in [6.07, 6.45) is 1.56. The smallest absolute Gasteiger partial charge is 0.310 e. The molecule has 0 bridgehead atoms. The van der Waals surface area contributed by atoms with Gasteiger partial charge in [-0.25, -0.2) is 13.4 Å². The number of aryl methyl sites for hydroxylation is 2. The van der Waals surface area contributed by atoms with Crippen molar-refractivity contribution in [2.45, 2.75) is 70.0 Å². The molecule has 9 heteroatoms. The molecule has 1 aliphatic rings. The second kappa shape index (κ2) is 9.68. The van der Waals surface area contributed by atoms with E-state index in [1.54, 1.807) is 36.4 Å². The predicted molar refractivity (Wildman–Crippen MR) is 122 cm³/mol. The second-order valence-electron chi connectivity index (χ2n) is 8.81. The fraction of sp³-hybridized carbons (Fsp3) is 0.435. The summed E-state index contributed by atoms with van der Waals surface area (Å²) in [4.78, 5) is 21.9. The number of sulfonamides is 1. The third-order valence-corrected chi connectivity index (χ3v) is 6.03. The maximum Gasteiger partial charge on any atom is 0.310 e. The highest BCUT2D eigenvalue weighted by Crippen LogP contribution is 2.20. The number of carbonyl (C=O) groups is 1. The predicted octanol–water partition coefficient (Wildman–Crippen LogP) is 4.00. The molecule has 0 amide bonds. The first kappa shape index (κ1) is 23.7. The highest BCUT2D eigenvalue weighted by molar-refractivity contribution is 7.92. The average molecular weight is 460 g/mol. The molecule has 2 heterocycles. The lowest BCUT2D eigenvalue weighted by molar-refractivity contribution is -0.157. The molecule has 32 heavy (non-hydrogen) atoms. The summed E-state index contributed by atoms with van der Waals surface area (Å²) in [6, 6.07) is 11.8. The van der Waals surface area contributed by atoms with Gasteiger partial charge >= 0.3 is 5.97 Å². The summed E-state index contributed by atoms with van der Waals surface area (Å²) in [5.74, 6) is -0.0512. The maximum absolute atomic E-state index is 12.6. The molecule has 1 N–H and O–H groups in total. The number of rotatable bonds is 8. The number of benzene rings is 1. The average Bonchev–Trinajstić information content (AvgIpc) is 3.12. The van der Waals surface area contributed by atoms with E-state index >= 15 is 0 Å². The van der Waals surface area contributed by atoms with Gasteiger partial charge < -0.3 is 9.57 Å². The maximum atomic E-state index is 12.6. The Kier molecular flexibility index (Phi) is 7.18. The Bertz CT molecular complexity index is 1090. The molecule has 0 saturated carbocycles. The lowest BCUT2D eigenvalue weighted by atomic mass is 10.0. The summed E-state index contributed by atoms with van der Waals surface area (Å²) >= 11 is 0. The number of pyridine rings is 1. The minimum absolute atomic E-state index is 0.152. The van der Waals surface area contributed by atoms with Gasteiger partial charge in [0, 0.05) is 12.1 Å². The first-order chi connectivity index (χ1) is 15.0. The zero-order chi connectivity index (χ0) is 23.4. The monoisotopic (exact) mass is 459 g/mol. The van der Waals surface area contributed by atoms with Crippen LogP contribution in [0.3, 0.4) is 0 Å². The molecule has 172 valence electrons. The van der Waals surface area contributed by atoms with Crippen LogP contribution in [0, 0.1) is 6.92 Å². The van der Waals surface area contributed by atoms with Crippen molar-refractivity contribution in [1.29, 1.82) is 0 Å². The van der Waals surface area contributed by atoms with Gasteiger partial charge in [0.2, 0.25) is 0 Å². The summed E-state index contributed by atoms with van der Waals surface area (Å²) in [7, 11) is -3.71. The molecule has 1 aromatic carbocycles. The van der Waals surface area contributed by atoms with Crippen molar-refractivity contribution in [3.05, 3.63) is 53.7 Å². The van der Waals surface area contributed by atoms with Crippen LogP contribution in [0.1, 0.15) is 51.3 Å². The van der Waals surface area contributed by atoms with Crippen LogP contribution in [0.25, 0.3) is 0 Å². The van der Waals surface area contributed by atoms with Gasteiger partial charge in [-0.1, -0.05) is 28.9 Å². The third kappa shape index (κ3) is 7.05. The van der Waals surface area contributed by atoms with Gasteiger partial charge in [0.25, 0.3) is 10.0 Å². The quantitative estimate of drug-likeness (QED) is 0.598. The summed E-state index contributed by atoms with van der Waals surface area (Å²) in [6.45, 7) is 7.37. The SMILES string of the molecule is Cc1ccc(S(=O)(=O)Nc2cccc(CCC3=NOC(CC(=O)OC(C)(C)C)C3)n2)cc1. The minimum Gasteiger partial charge on any atom is -0.460 e. The number of esters is 1. The van der Waals surface area contributed by atoms with E-state index in [1.807, 2.05) is 33.8 Å². The Labute approximate surface area is 189 Å². The van der Waals surface area contributed by atoms with Gasteiger partial charge in [0.1, 0.15) is 17.5 Å². The number of nitrogens with zero attached hydrogens (tertiary/aromatic N) is 2. The Morgan fingerprint density at radius 1 is 1.16 bits per heavy atom. The van der Waals surface area contributed by atoms with E-state index in [1.165, 1.54) is 0 Å². The molecular weight excluding hydrogens is 430 g/mol. The van der Waals surface area contributed by atoms with Gasteiger partial charge in [-0.15, -0.1) is 0 Å². The van der Waals surface area contributed by atoms with Crippen LogP contribution in [-0.4, -0.2) is 36.8 Å². The molecule has 0 spiro atoms. The lowest BCUT2D eigenvalue weighted by Crippen LogP contribution is -2.26. The van der Waals surface area contributed by atoms with Gasteiger partial charge in [-0.2, -0.15) is 0 Å². The molecule has 2 aromatic rings. The number of hydrogen-bond acceptors (Lipinski definition) is 7. The minimum atomic E-state index is -3.71. The first-order valence-electron chi connectivity index (χ1n) is 10.5. The van der Waals surface area contributed by atoms with Crippen LogP contribution in [-0.2, 0) is 30.8 Å². The van der Waals surface area contributed by atoms with Crippen molar-refractivity contribution in [1.82, 2.24) is 4.98 Å². The van der Waals surface area contributed by atoms with Gasteiger partial charge in [0.05, 0.1) is 17.0 Å².